The van der Waals surface area contributed by atoms with Gasteiger partial charge in [0.2, 0.25) is 0 Å². The molecule has 1 heterocycles. The van der Waals surface area contributed by atoms with Crippen LogP contribution in [0.15, 0.2) is 30.3 Å². The average Bonchev–Trinajstić information content (AvgIpc) is 2.96. The third-order valence-corrected chi connectivity index (χ3v) is 6.89. The van der Waals surface area contributed by atoms with Crippen molar-refractivity contribution in [2.45, 2.75) is 115 Å². The van der Waals surface area contributed by atoms with Crippen molar-refractivity contribution in [3.63, 3.8) is 0 Å². The molecule has 6 atom stereocenters. The molecule has 0 unspecified atom stereocenters. The largest absolute Gasteiger partial charge is 0.480 e. The summed E-state index contributed by atoms with van der Waals surface area (Å²) in [6.45, 7) is 6.59. The molecule has 1 aromatic carbocycles. The number of benzene rings is 1. The average molecular weight is 604 g/mol. The number of unbranched alkanes of at least 4 members (excludes halogenated alkanes) is 3. The van der Waals surface area contributed by atoms with Crippen LogP contribution in [0.5, 0.6) is 0 Å². The van der Waals surface area contributed by atoms with Crippen LogP contribution in [0.25, 0.3) is 0 Å². The van der Waals surface area contributed by atoms with Gasteiger partial charge in [-0.2, -0.15) is 0 Å². The summed E-state index contributed by atoms with van der Waals surface area (Å²) < 4.78 is 60.0. The normalized spacial score (nSPS) is 23.3. The fourth-order valence-corrected chi connectivity index (χ4v) is 4.47. The highest BCUT2D eigenvalue weighted by Crippen LogP contribution is 2.37. The van der Waals surface area contributed by atoms with E-state index in [2.05, 4.69) is 0 Å². The first-order chi connectivity index (χ1) is 20.1. The second-order valence-corrected chi connectivity index (χ2v) is 10.5. The number of ether oxygens (including phenoxy) is 5. The zero-order valence-corrected chi connectivity index (χ0v) is 24.8. The number of carbonyl (C=O) groups is 2. The molecule has 0 aromatic heterocycles. The molecule has 1 aromatic rings. The van der Waals surface area contributed by atoms with Crippen molar-refractivity contribution in [2.24, 2.45) is 0 Å². The molecular weight excluding hydrogens is 556 g/mol. The molecule has 1 fully saturated rings. The molecule has 1 saturated heterocycles. The Labute approximate surface area is 247 Å². The third-order valence-electron chi connectivity index (χ3n) is 6.89. The number of aliphatic hydroxyl groups excluding tert-OH is 1. The molecule has 3 N–H and O–H groups in total. The Bertz CT molecular complexity index is 908. The van der Waals surface area contributed by atoms with Gasteiger partial charge in [0.05, 0.1) is 6.61 Å². The molecule has 1 aliphatic heterocycles. The van der Waals surface area contributed by atoms with Gasteiger partial charge in [0.15, 0.2) is 0 Å². The van der Waals surface area contributed by atoms with Crippen molar-refractivity contribution in [1.82, 2.24) is 5.32 Å². The number of amides is 1. The molecule has 0 spiro atoms. The monoisotopic (exact) mass is 603 g/mol. The molecule has 0 bridgehead atoms. The van der Waals surface area contributed by atoms with Gasteiger partial charge >= 0.3 is 12.1 Å². The van der Waals surface area contributed by atoms with Gasteiger partial charge < -0.3 is 39.2 Å². The van der Waals surface area contributed by atoms with Crippen molar-refractivity contribution in [1.29, 1.82) is 0 Å². The van der Waals surface area contributed by atoms with Gasteiger partial charge in [-0.3, -0.25) is 0 Å². The van der Waals surface area contributed by atoms with Crippen LogP contribution in [0, 0.1) is 0 Å². The first-order valence-corrected chi connectivity index (χ1v) is 14.9. The number of rotatable bonds is 20. The van der Waals surface area contributed by atoms with E-state index in [-0.39, 0.29) is 19.8 Å². The second-order valence-electron chi connectivity index (χ2n) is 10.5. The smallest absolute Gasteiger partial charge is 0.408 e. The zero-order valence-electron chi connectivity index (χ0n) is 24.8. The van der Waals surface area contributed by atoms with Gasteiger partial charge in [-0.15, -0.1) is 0 Å². The number of alkyl halides is 2. The molecule has 2 rings (SSSR count). The molecule has 0 radical (unpaired) electrons. The number of hydrogen-bond acceptors (Lipinski definition) is 8. The number of halogens is 2. The summed E-state index contributed by atoms with van der Waals surface area (Å²) in [5.41, 5.74) is 0.639. The first kappa shape index (κ1) is 35.8. The van der Waals surface area contributed by atoms with Crippen LogP contribution in [0.3, 0.4) is 0 Å². The van der Waals surface area contributed by atoms with Gasteiger partial charge in [0, 0.05) is 26.2 Å². The van der Waals surface area contributed by atoms with E-state index in [1.54, 1.807) is 30.3 Å². The van der Waals surface area contributed by atoms with E-state index in [1.807, 2.05) is 26.1 Å². The minimum atomic E-state index is -3.89. The van der Waals surface area contributed by atoms with E-state index in [0.29, 0.717) is 31.6 Å². The molecule has 240 valence electrons. The number of aliphatic hydroxyl groups is 1. The fraction of sp³-hybridized carbons (Fsp3) is 0.733. The number of carbonyl (C=O) groups excluding carboxylic acids is 1. The molecule has 0 saturated carbocycles. The Hall–Kier alpha value is -2.38. The summed E-state index contributed by atoms with van der Waals surface area (Å²) in [5, 5.41) is 22.8. The van der Waals surface area contributed by atoms with Gasteiger partial charge in [0.25, 0.3) is 5.92 Å². The van der Waals surface area contributed by atoms with E-state index in [1.165, 1.54) is 0 Å². The van der Waals surface area contributed by atoms with Crippen LogP contribution in [0.2, 0.25) is 0 Å². The predicted octanol–water partition coefficient (Wildman–Crippen LogP) is 4.71. The zero-order chi connectivity index (χ0) is 31.0. The van der Waals surface area contributed by atoms with Crippen LogP contribution >= 0.6 is 0 Å². The number of carboxylic acid groups (broad SMARTS) is 1. The van der Waals surface area contributed by atoms with Gasteiger partial charge in [-0.05, 0) is 24.8 Å². The third kappa shape index (κ3) is 11.7. The molecule has 12 heteroatoms. The molecule has 10 nitrogen and oxygen atoms in total. The number of hydrogen-bond donors (Lipinski definition) is 3. The maximum Gasteiger partial charge on any atom is 0.408 e. The van der Waals surface area contributed by atoms with E-state index in [9.17, 15) is 19.8 Å². The van der Waals surface area contributed by atoms with E-state index in [0.717, 1.165) is 25.7 Å². The first-order valence-electron chi connectivity index (χ1n) is 14.9. The fourth-order valence-electron chi connectivity index (χ4n) is 4.47. The molecule has 42 heavy (non-hydrogen) atoms. The standard InChI is InChI=1S/C30H47F2NO9/c1-4-7-15-38-20-23-25(39-16-8-5-2)26(40-17-9-6-3)24(34)27(42-23)30(31,32)18-22(28(35)36)33-29(37)41-19-21-13-11-10-12-14-21/h10-14,22-27,34H,4-9,15-20H2,1-3H3,(H,33,37)(H,35,36)/t22-,23-,24-,25+,26-,27+/m1/s1. The van der Waals surface area contributed by atoms with Crippen LogP contribution in [0.1, 0.15) is 71.3 Å². The summed E-state index contributed by atoms with van der Waals surface area (Å²) in [7, 11) is 0. The van der Waals surface area contributed by atoms with Crippen LogP contribution in [-0.2, 0) is 35.1 Å². The SMILES string of the molecule is CCCCOC[C@H]1O[C@H](C(F)(F)C[C@@H](NC(=O)OCc2ccccc2)C(=O)O)[C@H](O)[C@@H](OCCCC)[C@H]1OCCCC. The highest BCUT2D eigenvalue weighted by molar-refractivity contribution is 5.80. The summed E-state index contributed by atoms with van der Waals surface area (Å²) >= 11 is 0. The quantitative estimate of drug-likeness (QED) is 0.181. The van der Waals surface area contributed by atoms with Crippen LogP contribution in [-0.4, -0.2) is 91.2 Å². The number of nitrogens with one attached hydrogen (secondary N) is 1. The lowest BCUT2D eigenvalue weighted by atomic mass is 9.89. The Morgan fingerprint density at radius 1 is 0.976 bits per heavy atom. The van der Waals surface area contributed by atoms with Gasteiger partial charge in [-0.1, -0.05) is 70.4 Å². The van der Waals surface area contributed by atoms with Gasteiger partial charge in [0.1, 0.15) is 43.2 Å². The van der Waals surface area contributed by atoms with Crippen molar-refractivity contribution >= 4 is 12.1 Å². The predicted molar refractivity (Wildman–Crippen MR) is 150 cm³/mol. The van der Waals surface area contributed by atoms with E-state index in [4.69, 9.17) is 23.7 Å². The molecule has 1 amide bonds. The van der Waals surface area contributed by atoms with Crippen molar-refractivity contribution in [3.05, 3.63) is 35.9 Å². The maximum absolute atomic E-state index is 15.8. The second kappa shape index (κ2) is 19.0. The summed E-state index contributed by atoms with van der Waals surface area (Å²) in [6.07, 6.45) is -4.92. The summed E-state index contributed by atoms with van der Waals surface area (Å²) in [6, 6.07) is 6.60. The minimum absolute atomic E-state index is 0.0733. The van der Waals surface area contributed by atoms with Crippen molar-refractivity contribution in [3.8, 4) is 0 Å². The number of alkyl carbamates (subject to hydrolysis) is 1. The Morgan fingerprint density at radius 3 is 2.17 bits per heavy atom. The molecule has 1 aliphatic rings. The lowest BCUT2D eigenvalue weighted by Crippen LogP contribution is -2.65. The van der Waals surface area contributed by atoms with E-state index >= 15 is 8.78 Å². The maximum atomic E-state index is 15.8. The van der Waals surface area contributed by atoms with Crippen LogP contribution < -0.4 is 5.32 Å². The highest BCUT2D eigenvalue weighted by Gasteiger charge is 2.57. The Morgan fingerprint density at radius 2 is 1.57 bits per heavy atom. The number of carboxylic acids is 1. The topological polar surface area (TPSA) is 133 Å². The van der Waals surface area contributed by atoms with Crippen LogP contribution in [0.4, 0.5) is 13.6 Å². The molecular formula is C30H47F2NO9. The molecule has 0 aliphatic carbocycles. The lowest BCUT2D eigenvalue weighted by molar-refractivity contribution is -0.298. The number of aliphatic carboxylic acids is 1. The minimum Gasteiger partial charge on any atom is -0.480 e. The Balaban J connectivity index is 2.21. The lowest BCUT2D eigenvalue weighted by Gasteiger charge is -2.46. The highest BCUT2D eigenvalue weighted by atomic mass is 19.3. The van der Waals surface area contributed by atoms with Gasteiger partial charge in [-0.25, -0.2) is 18.4 Å². The van der Waals surface area contributed by atoms with Crippen molar-refractivity contribution < 1.29 is 52.3 Å². The summed E-state index contributed by atoms with van der Waals surface area (Å²) in [4.78, 5) is 24.2. The van der Waals surface area contributed by atoms with Crippen molar-refractivity contribution in [2.75, 3.05) is 26.4 Å². The van der Waals surface area contributed by atoms with E-state index < -0.39 is 61.0 Å². The Kier molecular flexibility index (Phi) is 16.2. The summed E-state index contributed by atoms with van der Waals surface area (Å²) in [5.74, 6) is -5.58.